The molecule has 1 heterocycles. The summed E-state index contributed by atoms with van der Waals surface area (Å²) >= 11 is 0. The number of carbonyl (C=O) groups is 1. The van der Waals surface area contributed by atoms with E-state index in [1.54, 1.807) is 0 Å². The summed E-state index contributed by atoms with van der Waals surface area (Å²) in [7, 11) is 0. The monoisotopic (exact) mass is 278 g/mol. The number of aromatic amines is 1. The van der Waals surface area contributed by atoms with Crippen molar-refractivity contribution in [2.75, 3.05) is 0 Å². The Morgan fingerprint density at radius 2 is 1.71 bits per heavy atom. The molecule has 0 radical (unpaired) electrons. The molecule has 2 N–H and O–H groups in total. The molecule has 0 unspecified atom stereocenters. The standard InChI is InChI=1S/C18H18N2O/c1-12-3-6-14(7-4-12)11-19-18(21)17-10-15-8-5-13(2)9-16(15)20-17/h3-10,20H,11H2,1-2H3,(H,19,21). The Labute approximate surface area is 124 Å². The Morgan fingerprint density at radius 3 is 2.48 bits per heavy atom. The van der Waals surface area contributed by atoms with Crippen molar-refractivity contribution in [1.82, 2.24) is 10.3 Å². The van der Waals surface area contributed by atoms with Crippen LogP contribution >= 0.6 is 0 Å². The van der Waals surface area contributed by atoms with Gasteiger partial charge in [-0.05, 0) is 37.1 Å². The molecule has 0 spiro atoms. The van der Waals surface area contributed by atoms with Gasteiger partial charge < -0.3 is 10.3 Å². The average Bonchev–Trinajstić information content (AvgIpc) is 2.89. The van der Waals surface area contributed by atoms with Gasteiger partial charge in [0, 0.05) is 17.4 Å². The summed E-state index contributed by atoms with van der Waals surface area (Å²) in [6, 6.07) is 16.2. The van der Waals surface area contributed by atoms with Gasteiger partial charge in [0.15, 0.2) is 0 Å². The Morgan fingerprint density at radius 1 is 1.00 bits per heavy atom. The second-order valence-corrected chi connectivity index (χ2v) is 5.44. The molecule has 0 fully saturated rings. The quantitative estimate of drug-likeness (QED) is 0.753. The van der Waals surface area contributed by atoms with Gasteiger partial charge in [-0.2, -0.15) is 0 Å². The van der Waals surface area contributed by atoms with Crippen LogP contribution in [-0.4, -0.2) is 10.9 Å². The van der Waals surface area contributed by atoms with Crippen molar-refractivity contribution in [2.45, 2.75) is 20.4 Å². The Hall–Kier alpha value is -2.55. The lowest BCUT2D eigenvalue weighted by Gasteiger charge is -2.04. The molecule has 0 saturated heterocycles. The number of hydrogen-bond acceptors (Lipinski definition) is 1. The Balaban J connectivity index is 1.73. The fourth-order valence-electron chi connectivity index (χ4n) is 2.35. The van der Waals surface area contributed by atoms with Crippen molar-refractivity contribution in [2.24, 2.45) is 0 Å². The van der Waals surface area contributed by atoms with E-state index in [1.807, 2.05) is 55.5 Å². The van der Waals surface area contributed by atoms with Gasteiger partial charge in [-0.1, -0.05) is 42.0 Å². The molecule has 1 aromatic heterocycles. The molecular formula is C18H18N2O. The predicted molar refractivity (Wildman–Crippen MR) is 85.4 cm³/mol. The molecule has 0 bridgehead atoms. The van der Waals surface area contributed by atoms with Gasteiger partial charge in [0.25, 0.3) is 5.91 Å². The van der Waals surface area contributed by atoms with Gasteiger partial charge in [-0.15, -0.1) is 0 Å². The van der Waals surface area contributed by atoms with Crippen LogP contribution in [-0.2, 0) is 6.54 Å². The van der Waals surface area contributed by atoms with E-state index in [0.717, 1.165) is 16.5 Å². The summed E-state index contributed by atoms with van der Waals surface area (Å²) in [5, 5.41) is 4.00. The number of aryl methyl sites for hydroxylation is 2. The molecule has 3 rings (SSSR count). The predicted octanol–water partition coefficient (Wildman–Crippen LogP) is 3.71. The maximum absolute atomic E-state index is 12.2. The summed E-state index contributed by atoms with van der Waals surface area (Å²) in [5.41, 5.74) is 5.09. The Kier molecular flexibility index (Phi) is 3.48. The molecule has 21 heavy (non-hydrogen) atoms. The molecule has 3 nitrogen and oxygen atoms in total. The van der Waals surface area contributed by atoms with Crippen molar-refractivity contribution < 1.29 is 4.79 Å². The molecule has 1 amide bonds. The van der Waals surface area contributed by atoms with E-state index < -0.39 is 0 Å². The third-order valence-electron chi connectivity index (χ3n) is 3.60. The maximum atomic E-state index is 12.2. The normalized spacial score (nSPS) is 10.8. The molecule has 2 aromatic carbocycles. The van der Waals surface area contributed by atoms with Gasteiger partial charge in [0.2, 0.25) is 0 Å². The summed E-state index contributed by atoms with van der Waals surface area (Å²) in [4.78, 5) is 15.4. The maximum Gasteiger partial charge on any atom is 0.267 e. The number of hydrogen-bond donors (Lipinski definition) is 2. The smallest absolute Gasteiger partial charge is 0.267 e. The summed E-state index contributed by atoms with van der Waals surface area (Å²) < 4.78 is 0. The van der Waals surface area contributed by atoms with E-state index in [-0.39, 0.29) is 5.91 Å². The molecule has 106 valence electrons. The second-order valence-electron chi connectivity index (χ2n) is 5.44. The zero-order valence-corrected chi connectivity index (χ0v) is 12.2. The number of amides is 1. The molecule has 3 aromatic rings. The van der Waals surface area contributed by atoms with Crippen molar-refractivity contribution in [3.05, 3.63) is 70.9 Å². The first-order chi connectivity index (χ1) is 10.1. The number of rotatable bonds is 3. The number of H-pyrrole nitrogens is 1. The first-order valence-electron chi connectivity index (χ1n) is 7.05. The van der Waals surface area contributed by atoms with Crippen LogP contribution in [0.5, 0.6) is 0 Å². The van der Waals surface area contributed by atoms with Gasteiger partial charge in [-0.3, -0.25) is 4.79 Å². The van der Waals surface area contributed by atoms with Crippen molar-refractivity contribution in [1.29, 1.82) is 0 Å². The second kappa shape index (κ2) is 5.44. The van der Waals surface area contributed by atoms with Gasteiger partial charge in [0.1, 0.15) is 5.69 Å². The summed E-state index contributed by atoms with van der Waals surface area (Å²) in [6.45, 7) is 4.62. The number of fused-ring (bicyclic) bond motifs is 1. The van der Waals surface area contributed by atoms with E-state index in [1.165, 1.54) is 11.1 Å². The minimum absolute atomic E-state index is 0.0792. The van der Waals surface area contributed by atoms with Gasteiger partial charge in [0.05, 0.1) is 0 Å². The lowest BCUT2D eigenvalue weighted by molar-refractivity contribution is 0.0947. The molecule has 3 heteroatoms. The molecule has 0 aliphatic heterocycles. The average molecular weight is 278 g/mol. The Bertz CT molecular complexity index is 785. The molecule has 0 atom stereocenters. The van der Waals surface area contributed by atoms with Crippen LogP contribution < -0.4 is 5.32 Å². The molecular weight excluding hydrogens is 260 g/mol. The van der Waals surface area contributed by atoms with Crippen LogP contribution in [0.1, 0.15) is 27.2 Å². The van der Waals surface area contributed by atoms with Crippen LogP contribution in [0, 0.1) is 13.8 Å². The molecule has 0 saturated carbocycles. The minimum atomic E-state index is -0.0792. The zero-order valence-electron chi connectivity index (χ0n) is 12.2. The third kappa shape index (κ3) is 2.97. The lowest BCUT2D eigenvalue weighted by Crippen LogP contribution is -2.23. The van der Waals surface area contributed by atoms with Crippen LogP contribution in [0.2, 0.25) is 0 Å². The van der Waals surface area contributed by atoms with Crippen LogP contribution in [0.4, 0.5) is 0 Å². The number of carbonyl (C=O) groups excluding carboxylic acids is 1. The first-order valence-corrected chi connectivity index (χ1v) is 7.05. The largest absolute Gasteiger partial charge is 0.351 e. The highest BCUT2D eigenvalue weighted by molar-refractivity contribution is 5.98. The van der Waals surface area contributed by atoms with Crippen molar-refractivity contribution in [3.8, 4) is 0 Å². The van der Waals surface area contributed by atoms with E-state index in [2.05, 4.69) is 17.2 Å². The zero-order chi connectivity index (χ0) is 14.8. The SMILES string of the molecule is Cc1ccc(CNC(=O)c2cc3ccc(C)cc3[nH]2)cc1. The van der Waals surface area contributed by atoms with E-state index in [9.17, 15) is 4.79 Å². The highest BCUT2D eigenvalue weighted by atomic mass is 16.1. The van der Waals surface area contributed by atoms with E-state index in [0.29, 0.717) is 12.2 Å². The summed E-state index contributed by atoms with van der Waals surface area (Å²) in [5.74, 6) is -0.0792. The topological polar surface area (TPSA) is 44.9 Å². The van der Waals surface area contributed by atoms with Gasteiger partial charge in [-0.25, -0.2) is 0 Å². The van der Waals surface area contributed by atoms with E-state index >= 15 is 0 Å². The van der Waals surface area contributed by atoms with E-state index in [4.69, 9.17) is 0 Å². The summed E-state index contributed by atoms with van der Waals surface area (Å²) in [6.07, 6.45) is 0. The van der Waals surface area contributed by atoms with Crippen LogP contribution in [0.15, 0.2) is 48.5 Å². The first kappa shape index (κ1) is 13.4. The lowest BCUT2D eigenvalue weighted by atomic mass is 10.1. The van der Waals surface area contributed by atoms with Gasteiger partial charge >= 0.3 is 0 Å². The number of benzene rings is 2. The van der Waals surface area contributed by atoms with Crippen LogP contribution in [0.3, 0.4) is 0 Å². The van der Waals surface area contributed by atoms with Crippen molar-refractivity contribution in [3.63, 3.8) is 0 Å². The molecule has 0 aliphatic rings. The number of nitrogens with one attached hydrogen (secondary N) is 2. The van der Waals surface area contributed by atoms with Crippen LogP contribution in [0.25, 0.3) is 10.9 Å². The molecule has 0 aliphatic carbocycles. The number of aromatic nitrogens is 1. The third-order valence-corrected chi connectivity index (χ3v) is 3.60. The van der Waals surface area contributed by atoms with Crippen molar-refractivity contribution >= 4 is 16.8 Å². The minimum Gasteiger partial charge on any atom is -0.351 e. The highest BCUT2D eigenvalue weighted by Gasteiger charge is 2.09. The fourth-order valence-corrected chi connectivity index (χ4v) is 2.35. The highest BCUT2D eigenvalue weighted by Crippen LogP contribution is 2.16. The fraction of sp³-hybridized carbons (Fsp3) is 0.167.